The van der Waals surface area contributed by atoms with Crippen molar-refractivity contribution in [3.05, 3.63) is 35.9 Å². The second-order valence-electron chi connectivity index (χ2n) is 9.87. The van der Waals surface area contributed by atoms with Crippen molar-refractivity contribution in [1.29, 1.82) is 0 Å². The summed E-state index contributed by atoms with van der Waals surface area (Å²) in [5.41, 5.74) is 0.186. The van der Waals surface area contributed by atoms with Crippen molar-refractivity contribution < 1.29 is 28.7 Å². The molecule has 1 aromatic carbocycles. The van der Waals surface area contributed by atoms with E-state index in [0.717, 1.165) is 5.56 Å². The number of hydrogen-bond donors (Lipinski definition) is 1. The second-order valence-corrected chi connectivity index (χ2v) is 9.87. The van der Waals surface area contributed by atoms with Gasteiger partial charge in [0.05, 0.1) is 5.92 Å². The van der Waals surface area contributed by atoms with E-state index >= 15 is 0 Å². The van der Waals surface area contributed by atoms with Crippen LogP contribution in [0.4, 0.5) is 4.79 Å². The zero-order valence-electron chi connectivity index (χ0n) is 19.3. The predicted octanol–water partition coefficient (Wildman–Crippen LogP) is 1.50. The Morgan fingerprint density at radius 2 is 1.82 bits per heavy atom. The molecule has 2 bridgehead atoms. The van der Waals surface area contributed by atoms with E-state index in [2.05, 4.69) is 5.32 Å². The molecule has 0 radical (unpaired) electrons. The molecular weight excluding hydrogens is 426 g/mol. The molecule has 9 nitrogen and oxygen atoms in total. The zero-order valence-corrected chi connectivity index (χ0v) is 19.3. The molecule has 3 aliphatic rings. The molecule has 1 N–H and O–H groups in total. The summed E-state index contributed by atoms with van der Waals surface area (Å²) in [7, 11) is 0. The lowest BCUT2D eigenvalue weighted by atomic mass is 9.91. The summed E-state index contributed by atoms with van der Waals surface area (Å²) < 4.78 is 10.7. The molecular formula is C24H31N3O6. The number of carbonyl (C=O) groups is 4. The number of likely N-dealkylation sites (tertiary alicyclic amines) is 1. The maximum atomic E-state index is 13.1. The topological polar surface area (TPSA) is 105 Å². The number of esters is 1. The average molecular weight is 458 g/mol. The number of benzene rings is 1. The third-order valence-electron chi connectivity index (χ3n) is 6.38. The monoisotopic (exact) mass is 457 g/mol. The van der Waals surface area contributed by atoms with E-state index in [9.17, 15) is 19.2 Å². The van der Waals surface area contributed by atoms with Gasteiger partial charge in [-0.25, -0.2) is 9.59 Å². The third-order valence-corrected chi connectivity index (χ3v) is 6.38. The number of ether oxygens (including phenoxy) is 2. The van der Waals surface area contributed by atoms with Crippen molar-refractivity contribution in [3.8, 4) is 0 Å². The normalized spacial score (nSPS) is 29.2. The Morgan fingerprint density at radius 3 is 2.52 bits per heavy atom. The van der Waals surface area contributed by atoms with Gasteiger partial charge in [0.2, 0.25) is 5.91 Å². The van der Waals surface area contributed by atoms with Crippen molar-refractivity contribution in [1.82, 2.24) is 15.1 Å². The number of nitrogens with one attached hydrogen (secondary N) is 1. The Balaban J connectivity index is 1.34. The van der Waals surface area contributed by atoms with Gasteiger partial charge in [0.25, 0.3) is 0 Å². The quantitative estimate of drug-likeness (QED) is 0.528. The zero-order chi connectivity index (χ0) is 23.8. The summed E-state index contributed by atoms with van der Waals surface area (Å²) in [6.45, 7) is 6.87. The van der Waals surface area contributed by atoms with Crippen LogP contribution in [0.15, 0.2) is 30.3 Å². The number of rotatable bonds is 5. The molecule has 178 valence electrons. The Bertz CT molecular complexity index is 928. The molecule has 2 unspecified atom stereocenters. The molecule has 3 aliphatic heterocycles. The molecule has 33 heavy (non-hydrogen) atoms. The van der Waals surface area contributed by atoms with Crippen molar-refractivity contribution >= 4 is 23.8 Å². The third kappa shape index (κ3) is 5.03. The first kappa shape index (κ1) is 23.2. The van der Waals surface area contributed by atoms with Gasteiger partial charge in [-0.15, -0.1) is 0 Å². The minimum atomic E-state index is -0.904. The number of amides is 2. The summed E-state index contributed by atoms with van der Waals surface area (Å²) in [6, 6.07) is 7.45. The fraction of sp³-hybridized carbons (Fsp3) is 0.583. The van der Waals surface area contributed by atoms with Gasteiger partial charge in [-0.1, -0.05) is 30.3 Å². The summed E-state index contributed by atoms with van der Waals surface area (Å²) in [4.78, 5) is 54.5. The van der Waals surface area contributed by atoms with Gasteiger partial charge >= 0.3 is 12.1 Å². The molecule has 3 saturated heterocycles. The lowest BCUT2D eigenvalue weighted by Crippen LogP contribution is -2.51. The highest BCUT2D eigenvalue weighted by atomic mass is 16.6. The van der Waals surface area contributed by atoms with Gasteiger partial charge in [0, 0.05) is 25.7 Å². The molecule has 2 amide bonds. The minimum absolute atomic E-state index is 0.123. The summed E-state index contributed by atoms with van der Waals surface area (Å²) in [6.07, 6.45) is 0.415. The van der Waals surface area contributed by atoms with Gasteiger partial charge in [-0.05, 0) is 39.2 Å². The minimum Gasteiger partial charge on any atom is -0.458 e. The van der Waals surface area contributed by atoms with Gasteiger partial charge in [-0.3, -0.25) is 14.5 Å². The molecule has 0 spiro atoms. The van der Waals surface area contributed by atoms with Crippen LogP contribution >= 0.6 is 0 Å². The highest BCUT2D eigenvalue weighted by Crippen LogP contribution is 2.35. The number of ketones is 1. The fourth-order valence-corrected chi connectivity index (χ4v) is 4.93. The first-order valence-corrected chi connectivity index (χ1v) is 11.4. The van der Waals surface area contributed by atoms with Crippen molar-refractivity contribution in [3.63, 3.8) is 0 Å². The predicted molar refractivity (Wildman–Crippen MR) is 118 cm³/mol. The molecule has 0 aromatic heterocycles. The van der Waals surface area contributed by atoms with Crippen LogP contribution in [0.3, 0.4) is 0 Å². The van der Waals surface area contributed by atoms with E-state index in [-0.39, 0.29) is 24.3 Å². The molecule has 1 aromatic rings. The first-order chi connectivity index (χ1) is 15.6. The Labute approximate surface area is 193 Å². The van der Waals surface area contributed by atoms with Crippen LogP contribution in [0.25, 0.3) is 0 Å². The largest absolute Gasteiger partial charge is 0.458 e. The molecule has 3 fully saturated rings. The Kier molecular flexibility index (Phi) is 6.43. The molecule has 0 aliphatic carbocycles. The van der Waals surface area contributed by atoms with E-state index < -0.39 is 35.7 Å². The lowest BCUT2D eigenvalue weighted by Gasteiger charge is -2.36. The number of piperidine rings is 1. The van der Waals surface area contributed by atoms with Crippen LogP contribution in [-0.4, -0.2) is 76.9 Å². The van der Waals surface area contributed by atoms with Crippen LogP contribution in [-0.2, 0) is 30.5 Å². The fourth-order valence-electron chi connectivity index (χ4n) is 4.93. The Hall–Kier alpha value is -2.94. The SMILES string of the molecule is CC(C)(C)OC(=O)C1C(=O)[C@@H]2CN1CC[C@@H]2N1CC[C@H](NC(=O)OCc2ccccc2)C1=O. The van der Waals surface area contributed by atoms with E-state index in [1.54, 1.807) is 25.7 Å². The van der Waals surface area contributed by atoms with Gasteiger partial charge in [0.15, 0.2) is 11.8 Å². The van der Waals surface area contributed by atoms with Crippen LogP contribution in [0, 0.1) is 5.92 Å². The first-order valence-electron chi connectivity index (χ1n) is 11.4. The smallest absolute Gasteiger partial charge is 0.408 e. The number of fused-ring (bicyclic) bond motifs is 2. The average Bonchev–Trinajstić information content (AvgIpc) is 3.24. The van der Waals surface area contributed by atoms with Gasteiger partial charge < -0.3 is 19.7 Å². The maximum absolute atomic E-state index is 13.1. The number of nitrogens with zero attached hydrogens (tertiary/aromatic N) is 2. The van der Waals surface area contributed by atoms with E-state index in [4.69, 9.17) is 9.47 Å². The number of alkyl carbamates (subject to hydrolysis) is 1. The van der Waals surface area contributed by atoms with E-state index in [1.165, 1.54) is 0 Å². The number of carbonyl (C=O) groups excluding carboxylic acids is 4. The molecule has 5 atom stereocenters. The number of Topliss-reactive ketones (excluding diaryl/α,β-unsaturated/α-hetero) is 1. The highest BCUT2D eigenvalue weighted by Gasteiger charge is 2.54. The van der Waals surface area contributed by atoms with Crippen LogP contribution in [0.2, 0.25) is 0 Å². The summed E-state index contributed by atoms with van der Waals surface area (Å²) >= 11 is 0. The Morgan fingerprint density at radius 1 is 1.09 bits per heavy atom. The van der Waals surface area contributed by atoms with Crippen LogP contribution < -0.4 is 5.32 Å². The van der Waals surface area contributed by atoms with Crippen molar-refractivity contribution in [2.45, 2.75) is 63.9 Å². The van der Waals surface area contributed by atoms with E-state index in [1.807, 2.05) is 35.2 Å². The molecule has 9 heteroatoms. The summed E-state index contributed by atoms with van der Waals surface area (Å²) in [5.74, 6) is -1.34. The maximum Gasteiger partial charge on any atom is 0.408 e. The standard InChI is InChI=1S/C24H31N3O6/c1-24(2,3)33-22(30)19-20(28)16-13-26(19)11-10-18(16)27-12-9-17(21(27)29)25-23(31)32-14-15-7-5-4-6-8-15/h4-8,16-19H,9-14H2,1-3H3,(H,25,31)/t16-,17+,18+,19?/m1/s1. The second kappa shape index (κ2) is 9.13. The van der Waals surface area contributed by atoms with Crippen LogP contribution in [0.1, 0.15) is 39.2 Å². The van der Waals surface area contributed by atoms with Crippen LogP contribution in [0.5, 0.6) is 0 Å². The molecule has 0 saturated carbocycles. The number of hydrogen-bond acceptors (Lipinski definition) is 7. The van der Waals surface area contributed by atoms with Crippen molar-refractivity contribution in [2.24, 2.45) is 5.92 Å². The molecule has 4 rings (SSSR count). The van der Waals surface area contributed by atoms with E-state index in [0.29, 0.717) is 32.5 Å². The lowest BCUT2D eigenvalue weighted by molar-refractivity contribution is -0.161. The van der Waals surface area contributed by atoms with Crippen molar-refractivity contribution in [2.75, 3.05) is 19.6 Å². The molecule has 3 heterocycles. The van der Waals surface area contributed by atoms with Gasteiger partial charge in [0.1, 0.15) is 18.2 Å². The highest BCUT2D eigenvalue weighted by molar-refractivity contribution is 6.06. The summed E-state index contributed by atoms with van der Waals surface area (Å²) in [5, 5.41) is 2.65. The van der Waals surface area contributed by atoms with Gasteiger partial charge in [-0.2, -0.15) is 0 Å².